The monoisotopic (exact) mass is 350 g/mol. The Labute approximate surface area is 141 Å². The summed E-state index contributed by atoms with van der Waals surface area (Å²) in [5.41, 5.74) is 0.693. The normalized spacial score (nSPS) is 11.0. The molecule has 0 atom stereocenters. The molecular weight excluding hydrogens is 338 g/mol. The summed E-state index contributed by atoms with van der Waals surface area (Å²) in [4.78, 5) is 15.8. The van der Waals surface area contributed by atoms with Gasteiger partial charge in [-0.25, -0.2) is 18.6 Å². The number of nitrogens with zero attached hydrogens (tertiary/aromatic N) is 2. The van der Waals surface area contributed by atoms with Crippen molar-refractivity contribution in [3.8, 4) is 0 Å². The predicted octanol–water partition coefficient (Wildman–Crippen LogP) is 4.19. The van der Waals surface area contributed by atoms with Crippen molar-refractivity contribution in [2.45, 2.75) is 13.5 Å². The minimum atomic E-state index is -0.783. The van der Waals surface area contributed by atoms with Crippen molar-refractivity contribution in [3.63, 3.8) is 0 Å². The smallest absolute Gasteiger partial charge is 0.356 e. The van der Waals surface area contributed by atoms with E-state index in [0.29, 0.717) is 5.52 Å². The minimum Gasteiger partial charge on any atom is -0.461 e. The number of hydrogen-bond acceptors (Lipinski definition) is 3. The van der Waals surface area contributed by atoms with Gasteiger partial charge >= 0.3 is 5.97 Å². The number of carbonyl (C=O) groups excluding carboxylic acids is 1. The molecule has 0 N–H and O–H groups in total. The lowest BCUT2D eigenvalue weighted by molar-refractivity contribution is 0.0519. The van der Waals surface area contributed by atoms with Gasteiger partial charge in [0.2, 0.25) is 0 Å². The van der Waals surface area contributed by atoms with Gasteiger partial charge in [0, 0.05) is 17.1 Å². The quantitative estimate of drug-likeness (QED) is 0.523. The van der Waals surface area contributed by atoms with E-state index >= 15 is 0 Å². The van der Waals surface area contributed by atoms with Crippen LogP contribution in [0.25, 0.3) is 10.9 Å². The first-order chi connectivity index (χ1) is 11.5. The van der Waals surface area contributed by atoms with Gasteiger partial charge in [0.05, 0.1) is 29.9 Å². The molecule has 0 saturated heterocycles. The number of rotatable bonds is 4. The molecule has 124 valence electrons. The fourth-order valence-electron chi connectivity index (χ4n) is 2.43. The van der Waals surface area contributed by atoms with E-state index in [4.69, 9.17) is 16.3 Å². The van der Waals surface area contributed by atoms with Crippen LogP contribution in [0, 0.1) is 11.6 Å². The average molecular weight is 351 g/mol. The van der Waals surface area contributed by atoms with Gasteiger partial charge in [0.1, 0.15) is 17.3 Å². The Balaban J connectivity index is 1.97. The molecule has 0 aliphatic heterocycles. The molecule has 7 heteroatoms. The third-order valence-corrected chi connectivity index (χ3v) is 3.90. The molecule has 2 aromatic heterocycles. The SMILES string of the molecule is CCOC(=O)c1cc2ccn(Cc3c(F)ccc(Cl)c3F)c2cn1. The summed E-state index contributed by atoms with van der Waals surface area (Å²) in [7, 11) is 0. The molecular formula is C17H13ClF2N2O2. The highest BCUT2D eigenvalue weighted by Crippen LogP contribution is 2.24. The Morgan fingerprint density at radius 2 is 2.12 bits per heavy atom. The van der Waals surface area contributed by atoms with Crippen LogP contribution in [0.3, 0.4) is 0 Å². The molecule has 0 spiro atoms. The predicted molar refractivity (Wildman–Crippen MR) is 86.2 cm³/mol. The van der Waals surface area contributed by atoms with E-state index < -0.39 is 17.6 Å². The van der Waals surface area contributed by atoms with Crippen LogP contribution in [-0.4, -0.2) is 22.1 Å². The number of pyridine rings is 1. The summed E-state index contributed by atoms with van der Waals surface area (Å²) in [5, 5.41) is 0.585. The maximum atomic E-state index is 14.0. The van der Waals surface area contributed by atoms with E-state index in [1.165, 1.54) is 12.3 Å². The van der Waals surface area contributed by atoms with Crippen LogP contribution in [0.2, 0.25) is 5.02 Å². The zero-order valence-electron chi connectivity index (χ0n) is 12.7. The fraction of sp³-hybridized carbons (Fsp3) is 0.176. The van der Waals surface area contributed by atoms with Crippen LogP contribution in [0.1, 0.15) is 23.0 Å². The summed E-state index contributed by atoms with van der Waals surface area (Å²) >= 11 is 5.71. The van der Waals surface area contributed by atoms with E-state index in [0.717, 1.165) is 11.5 Å². The first-order valence-corrected chi connectivity index (χ1v) is 7.63. The van der Waals surface area contributed by atoms with Gasteiger partial charge in [-0.05, 0) is 31.2 Å². The van der Waals surface area contributed by atoms with Crippen LogP contribution in [0.15, 0.2) is 36.7 Å². The molecule has 0 aliphatic carbocycles. The molecule has 0 aliphatic rings. The third kappa shape index (κ3) is 2.97. The van der Waals surface area contributed by atoms with E-state index in [9.17, 15) is 13.6 Å². The van der Waals surface area contributed by atoms with Crippen LogP contribution in [0.5, 0.6) is 0 Å². The van der Waals surface area contributed by atoms with Crippen molar-refractivity contribution in [1.82, 2.24) is 9.55 Å². The van der Waals surface area contributed by atoms with Crippen molar-refractivity contribution >= 4 is 28.5 Å². The summed E-state index contributed by atoms with van der Waals surface area (Å²) in [6, 6.07) is 5.62. The highest BCUT2D eigenvalue weighted by molar-refractivity contribution is 6.30. The second kappa shape index (κ2) is 6.57. The molecule has 4 nitrogen and oxygen atoms in total. The first-order valence-electron chi connectivity index (χ1n) is 7.25. The highest BCUT2D eigenvalue weighted by atomic mass is 35.5. The Morgan fingerprint density at radius 3 is 2.88 bits per heavy atom. The number of benzene rings is 1. The Morgan fingerprint density at radius 1 is 1.33 bits per heavy atom. The number of esters is 1. The second-order valence-corrected chi connectivity index (χ2v) is 5.52. The standard InChI is InChI=1S/C17H13ClF2N2O2/c1-2-24-17(23)14-7-10-5-6-22(15(10)8-21-14)9-11-13(19)4-3-12(18)16(11)20/h3-8H,2,9H2,1H3. The summed E-state index contributed by atoms with van der Waals surface area (Å²) in [5.74, 6) is -1.97. The van der Waals surface area contributed by atoms with Gasteiger partial charge in [0.15, 0.2) is 0 Å². The molecule has 0 bridgehead atoms. The number of aromatic nitrogens is 2. The molecule has 24 heavy (non-hydrogen) atoms. The van der Waals surface area contributed by atoms with Gasteiger partial charge in [-0.2, -0.15) is 0 Å². The number of carbonyl (C=O) groups is 1. The van der Waals surface area contributed by atoms with Crippen molar-refractivity contribution < 1.29 is 18.3 Å². The zero-order valence-corrected chi connectivity index (χ0v) is 13.5. The van der Waals surface area contributed by atoms with Crippen molar-refractivity contribution in [2.75, 3.05) is 6.61 Å². The van der Waals surface area contributed by atoms with Gasteiger partial charge in [-0.15, -0.1) is 0 Å². The fourth-order valence-corrected chi connectivity index (χ4v) is 2.60. The average Bonchev–Trinajstić information content (AvgIpc) is 2.97. The van der Waals surface area contributed by atoms with Crippen LogP contribution < -0.4 is 0 Å². The summed E-state index contributed by atoms with van der Waals surface area (Å²) < 4.78 is 34.5. The van der Waals surface area contributed by atoms with Crippen LogP contribution in [0.4, 0.5) is 8.78 Å². The van der Waals surface area contributed by atoms with Crippen molar-refractivity contribution in [3.05, 3.63) is 64.6 Å². The van der Waals surface area contributed by atoms with Crippen LogP contribution >= 0.6 is 11.6 Å². The maximum absolute atomic E-state index is 14.0. The molecule has 1 aromatic carbocycles. The van der Waals surface area contributed by atoms with E-state index in [-0.39, 0.29) is 29.4 Å². The Kier molecular flexibility index (Phi) is 4.49. The first kappa shape index (κ1) is 16.4. The number of hydrogen-bond donors (Lipinski definition) is 0. The lowest BCUT2D eigenvalue weighted by Gasteiger charge is -2.09. The van der Waals surface area contributed by atoms with Crippen LogP contribution in [-0.2, 0) is 11.3 Å². The maximum Gasteiger partial charge on any atom is 0.356 e. The molecule has 0 fully saturated rings. The number of halogens is 3. The molecule has 0 amide bonds. The lowest BCUT2D eigenvalue weighted by Crippen LogP contribution is -2.07. The largest absolute Gasteiger partial charge is 0.461 e. The summed E-state index contributed by atoms with van der Waals surface area (Å²) in [6.45, 7) is 1.93. The summed E-state index contributed by atoms with van der Waals surface area (Å²) in [6.07, 6.45) is 3.14. The van der Waals surface area contributed by atoms with Gasteiger partial charge in [-0.1, -0.05) is 11.6 Å². The Bertz CT molecular complexity index is 924. The molecule has 3 rings (SSSR count). The molecule has 0 saturated carbocycles. The Hall–Kier alpha value is -2.47. The van der Waals surface area contributed by atoms with E-state index in [1.807, 2.05) is 0 Å². The zero-order chi connectivity index (χ0) is 17.3. The topological polar surface area (TPSA) is 44.1 Å². The van der Waals surface area contributed by atoms with Crippen molar-refractivity contribution in [1.29, 1.82) is 0 Å². The van der Waals surface area contributed by atoms with Gasteiger partial charge in [-0.3, -0.25) is 0 Å². The highest BCUT2D eigenvalue weighted by Gasteiger charge is 2.15. The molecule has 2 heterocycles. The van der Waals surface area contributed by atoms with Gasteiger partial charge in [0.25, 0.3) is 0 Å². The molecule has 0 radical (unpaired) electrons. The number of ether oxygens (including phenoxy) is 1. The lowest BCUT2D eigenvalue weighted by atomic mass is 10.2. The van der Waals surface area contributed by atoms with Crippen molar-refractivity contribution in [2.24, 2.45) is 0 Å². The third-order valence-electron chi connectivity index (χ3n) is 3.61. The van der Waals surface area contributed by atoms with E-state index in [2.05, 4.69) is 4.98 Å². The minimum absolute atomic E-state index is 0.0395. The molecule has 3 aromatic rings. The number of fused-ring (bicyclic) bond motifs is 1. The van der Waals surface area contributed by atoms with E-state index in [1.54, 1.807) is 29.8 Å². The molecule has 0 unspecified atom stereocenters. The second-order valence-electron chi connectivity index (χ2n) is 5.11. The van der Waals surface area contributed by atoms with Gasteiger partial charge < -0.3 is 9.30 Å².